The van der Waals surface area contributed by atoms with Gasteiger partial charge in [0.05, 0.1) is 29.5 Å². The normalized spacial score (nSPS) is 15.6. The van der Waals surface area contributed by atoms with Crippen molar-refractivity contribution in [1.82, 2.24) is 5.01 Å². The molecule has 2 aromatic carbocycles. The first-order valence-electron chi connectivity index (χ1n) is 10.5. The third-order valence-electron chi connectivity index (χ3n) is 5.19. The van der Waals surface area contributed by atoms with Gasteiger partial charge in [0.25, 0.3) is 5.91 Å². The van der Waals surface area contributed by atoms with E-state index in [0.29, 0.717) is 17.9 Å². The van der Waals surface area contributed by atoms with E-state index < -0.39 is 34.5 Å². The van der Waals surface area contributed by atoms with Gasteiger partial charge in [-0.1, -0.05) is 42.0 Å². The summed E-state index contributed by atoms with van der Waals surface area (Å²) < 4.78 is 36.2. The second kappa shape index (κ2) is 9.52. The third-order valence-corrected chi connectivity index (χ3v) is 5.78. The summed E-state index contributed by atoms with van der Waals surface area (Å²) >= 11 is 0. The number of carbonyl (C=O) groups excluding carboxylic acids is 2. The molecule has 34 heavy (non-hydrogen) atoms. The minimum atomic E-state index is -3.61. The van der Waals surface area contributed by atoms with Gasteiger partial charge in [0.15, 0.2) is 6.61 Å². The van der Waals surface area contributed by atoms with Crippen LogP contribution in [0.3, 0.4) is 0 Å². The Kier molecular flexibility index (Phi) is 6.51. The molecule has 0 bridgehead atoms. The number of hydrazone groups is 1. The van der Waals surface area contributed by atoms with E-state index >= 15 is 0 Å². The number of rotatable bonds is 7. The molecule has 1 N–H and O–H groups in total. The van der Waals surface area contributed by atoms with Crippen molar-refractivity contribution in [3.05, 3.63) is 89.4 Å². The van der Waals surface area contributed by atoms with Crippen molar-refractivity contribution < 1.29 is 27.2 Å². The number of ether oxygens (including phenoxy) is 1. The molecule has 0 fully saturated rings. The Labute approximate surface area is 197 Å². The van der Waals surface area contributed by atoms with Crippen LogP contribution in [-0.4, -0.2) is 43.9 Å². The maximum Gasteiger partial charge on any atom is 0.340 e. The summed E-state index contributed by atoms with van der Waals surface area (Å²) in [5.41, 5.74) is 2.76. The molecular formula is C24H23N3O6S. The SMILES string of the molecule is Cc1ccc(C2=NN(C(=O)COC(=O)c3ccccc3NS(C)(=O)=O)[C@@H](c3ccco3)C2)cc1. The highest BCUT2D eigenvalue weighted by Crippen LogP contribution is 2.33. The molecule has 10 heteroatoms. The molecule has 0 saturated heterocycles. The molecule has 0 spiro atoms. The zero-order chi connectivity index (χ0) is 24.3. The van der Waals surface area contributed by atoms with Gasteiger partial charge in [0.1, 0.15) is 11.8 Å². The lowest BCUT2D eigenvalue weighted by Gasteiger charge is -2.19. The van der Waals surface area contributed by atoms with E-state index in [9.17, 15) is 18.0 Å². The Morgan fingerprint density at radius 1 is 1.12 bits per heavy atom. The van der Waals surface area contributed by atoms with Crippen molar-refractivity contribution in [3.8, 4) is 0 Å². The molecule has 4 rings (SSSR count). The lowest BCUT2D eigenvalue weighted by Crippen LogP contribution is -2.31. The van der Waals surface area contributed by atoms with Crippen LogP contribution in [-0.2, 0) is 19.6 Å². The molecule has 0 saturated carbocycles. The number of para-hydroxylation sites is 1. The Balaban J connectivity index is 1.51. The van der Waals surface area contributed by atoms with E-state index in [2.05, 4.69) is 9.82 Å². The zero-order valence-electron chi connectivity index (χ0n) is 18.6. The van der Waals surface area contributed by atoms with Crippen molar-refractivity contribution in [2.45, 2.75) is 19.4 Å². The van der Waals surface area contributed by atoms with Crippen molar-refractivity contribution >= 4 is 33.3 Å². The van der Waals surface area contributed by atoms with Crippen molar-refractivity contribution in [2.75, 3.05) is 17.6 Å². The lowest BCUT2D eigenvalue weighted by atomic mass is 10.0. The van der Waals surface area contributed by atoms with Crippen LogP contribution >= 0.6 is 0 Å². The summed E-state index contributed by atoms with van der Waals surface area (Å²) in [4.78, 5) is 25.6. The van der Waals surface area contributed by atoms with Gasteiger partial charge >= 0.3 is 5.97 Å². The Morgan fingerprint density at radius 3 is 2.53 bits per heavy atom. The molecule has 3 aromatic rings. The molecule has 1 aliphatic heterocycles. The highest BCUT2D eigenvalue weighted by Gasteiger charge is 2.35. The predicted molar refractivity (Wildman–Crippen MR) is 126 cm³/mol. The van der Waals surface area contributed by atoms with Gasteiger partial charge in [-0.3, -0.25) is 9.52 Å². The Morgan fingerprint density at radius 2 is 1.85 bits per heavy atom. The topological polar surface area (TPSA) is 118 Å². The number of aryl methyl sites for hydroxylation is 1. The van der Waals surface area contributed by atoms with E-state index in [0.717, 1.165) is 17.4 Å². The smallest absolute Gasteiger partial charge is 0.340 e. The fourth-order valence-electron chi connectivity index (χ4n) is 3.58. The monoisotopic (exact) mass is 481 g/mol. The highest BCUT2D eigenvalue weighted by molar-refractivity contribution is 7.92. The second-order valence-corrected chi connectivity index (χ2v) is 9.63. The van der Waals surface area contributed by atoms with Crippen LogP contribution in [0.4, 0.5) is 5.69 Å². The number of nitrogens with one attached hydrogen (secondary N) is 1. The van der Waals surface area contributed by atoms with Gasteiger partial charge in [0, 0.05) is 6.42 Å². The number of benzene rings is 2. The minimum absolute atomic E-state index is 0.00595. The highest BCUT2D eigenvalue weighted by atomic mass is 32.2. The molecule has 1 amide bonds. The number of anilines is 1. The van der Waals surface area contributed by atoms with Crippen molar-refractivity contribution in [1.29, 1.82) is 0 Å². The van der Waals surface area contributed by atoms with Crippen LogP contribution in [0.1, 0.15) is 39.7 Å². The third kappa shape index (κ3) is 5.34. The van der Waals surface area contributed by atoms with Crippen molar-refractivity contribution in [2.24, 2.45) is 5.10 Å². The number of hydrogen-bond donors (Lipinski definition) is 1. The first-order valence-corrected chi connectivity index (χ1v) is 12.3. The van der Waals surface area contributed by atoms with E-state index in [1.807, 2.05) is 31.2 Å². The first kappa shape index (κ1) is 23.2. The number of nitrogens with zero attached hydrogens (tertiary/aromatic N) is 2. The van der Waals surface area contributed by atoms with Gasteiger partial charge in [0.2, 0.25) is 10.0 Å². The van der Waals surface area contributed by atoms with E-state index in [-0.39, 0.29) is 11.3 Å². The van der Waals surface area contributed by atoms with Gasteiger partial charge in [-0.25, -0.2) is 18.2 Å². The lowest BCUT2D eigenvalue weighted by molar-refractivity contribution is -0.136. The molecule has 1 aromatic heterocycles. The zero-order valence-corrected chi connectivity index (χ0v) is 19.4. The largest absolute Gasteiger partial charge is 0.467 e. The van der Waals surface area contributed by atoms with E-state index in [4.69, 9.17) is 9.15 Å². The number of hydrogen-bond acceptors (Lipinski definition) is 7. The molecular weight excluding hydrogens is 458 g/mol. The number of sulfonamides is 1. The van der Waals surface area contributed by atoms with Crippen LogP contribution in [0.25, 0.3) is 0 Å². The Bertz CT molecular complexity index is 1330. The fraction of sp³-hybridized carbons (Fsp3) is 0.208. The van der Waals surface area contributed by atoms with E-state index in [1.54, 1.807) is 24.3 Å². The average Bonchev–Trinajstić information content (AvgIpc) is 3.47. The number of furan rings is 1. The maximum absolute atomic E-state index is 13.0. The van der Waals surface area contributed by atoms with E-state index in [1.165, 1.54) is 23.4 Å². The van der Waals surface area contributed by atoms with Crippen LogP contribution in [0, 0.1) is 6.92 Å². The number of carbonyl (C=O) groups is 2. The summed E-state index contributed by atoms with van der Waals surface area (Å²) in [6.45, 7) is 1.41. The predicted octanol–water partition coefficient (Wildman–Crippen LogP) is 3.49. The Hall–Kier alpha value is -3.92. The number of esters is 1. The molecule has 0 unspecified atom stereocenters. The minimum Gasteiger partial charge on any atom is -0.467 e. The molecule has 176 valence electrons. The van der Waals surface area contributed by atoms with Crippen molar-refractivity contribution in [3.63, 3.8) is 0 Å². The summed E-state index contributed by atoms with van der Waals surface area (Å²) in [6.07, 6.45) is 2.94. The quantitative estimate of drug-likeness (QED) is 0.516. The summed E-state index contributed by atoms with van der Waals surface area (Å²) in [6, 6.07) is 16.8. The first-order chi connectivity index (χ1) is 16.2. The second-order valence-electron chi connectivity index (χ2n) is 7.88. The average molecular weight is 482 g/mol. The fourth-order valence-corrected chi connectivity index (χ4v) is 4.16. The molecule has 0 radical (unpaired) electrons. The van der Waals surface area contributed by atoms with Crippen LogP contribution in [0.15, 0.2) is 76.4 Å². The summed E-state index contributed by atoms with van der Waals surface area (Å²) in [5.74, 6) is -0.810. The van der Waals surface area contributed by atoms with Gasteiger partial charge in [-0.05, 0) is 36.8 Å². The summed E-state index contributed by atoms with van der Waals surface area (Å²) in [7, 11) is -3.61. The molecule has 1 aliphatic rings. The van der Waals surface area contributed by atoms with Gasteiger partial charge in [-0.15, -0.1) is 0 Å². The summed E-state index contributed by atoms with van der Waals surface area (Å²) in [5, 5.41) is 5.77. The molecule has 9 nitrogen and oxygen atoms in total. The van der Waals surface area contributed by atoms with Crippen LogP contribution in [0.5, 0.6) is 0 Å². The van der Waals surface area contributed by atoms with Gasteiger partial charge < -0.3 is 9.15 Å². The number of amides is 1. The standard InChI is InChI=1S/C24H23N3O6S/c1-16-9-11-17(12-10-16)20-14-21(22-8-5-13-32-22)27(25-20)23(28)15-33-24(29)18-6-3-4-7-19(18)26-34(2,30)31/h3-13,21,26H,14-15H2,1-2H3/t21-/m1/s1. The van der Waals surface area contributed by atoms with Crippen LogP contribution in [0.2, 0.25) is 0 Å². The maximum atomic E-state index is 13.0. The molecule has 2 heterocycles. The van der Waals surface area contributed by atoms with Gasteiger partial charge in [-0.2, -0.15) is 5.10 Å². The molecule has 1 atom stereocenters. The van der Waals surface area contributed by atoms with Crippen LogP contribution < -0.4 is 4.72 Å². The molecule has 0 aliphatic carbocycles.